The Bertz CT molecular complexity index is 209. The highest BCUT2D eigenvalue weighted by Gasteiger charge is 2.42. The van der Waals surface area contributed by atoms with Crippen molar-refractivity contribution in [2.45, 2.75) is 45.9 Å². The van der Waals surface area contributed by atoms with Gasteiger partial charge in [-0.15, -0.1) is 0 Å². The number of hydrogen-bond donors (Lipinski definition) is 0. The van der Waals surface area contributed by atoms with Gasteiger partial charge >= 0.3 is 8.80 Å². The number of hydrogen-bond acceptors (Lipinski definition) is 5. The third kappa shape index (κ3) is 7.55. The molecule has 0 aromatic carbocycles. The minimum absolute atomic E-state index is 0. The van der Waals surface area contributed by atoms with Crippen LogP contribution in [0.4, 0.5) is 0 Å². The first-order chi connectivity index (χ1) is 8.65. The molecule has 1 aliphatic rings. The lowest BCUT2D eigenvalue weighted by atomic mass is 10.4. The van der Waals surface area contributed by atoms with Crippen LogP contribution in [0.15, 0.2) is 0 Å². The Morgan fingerprint density at radius 3 is 1.95 bits per heavy atom. The van der Waals surface area contributed by atoms with E-state index in [1.165, 1.54) is 0 Å². The van der Waals surface area contributed by atoms with Crippen molar-refractivity contribution in [3.05, 3.63) is 0 Å². The Balaban J connectivity index is 0.00000324. The van der Waals surface area contributed by atoms with E-state index in [4.69, 9.17) is 22.8 Å². The van der Waals surface area contributed by atoms with Crippen LogP contribution in [0.1, 0.15) is 27.7 Å². The first-order valence-corrected chi connectivity index (χ1v) is 8.74. The van der Waals surface area contributed by atoms with Crippen LogP contribution in [0.5, 0.6) is 0 Å². The molecule has 5 nitrogen and oxygen atoms in total. The molecule has 0 amide bonds. The molecule has 0 radical (unpaired) electrons. The fourth-order valence-electron chi connectivity index (χ4n) is 1.81. The van der Waals surface area contributed by atoms with E-state index in [1.807, 2.05) is 27.7 Å². The van der Waals surface area contributed by atoms with Gasteiger partial charge < -0.3 is 22.8 Å². The van der Waals surface area contributed by atoms with Crippen molar-refractivity contribution in [2.75, 3.05) is 33.0 Å². The van der Waals surface area contributed by atoms with Crippen molar-refractivity contribution >= 4 is 19.8 Å². The summed E-state index contributed by atoms with van der Waals surface area (Å²) in [5.74, 6) is 0. The quantitative estimate of drug-likeness (QED) is 0.408. The Hall–Kier alpha value is 0.234. The van der Waals surface area contributed by atoms with Crippen LogP contribution < -0.4 is 0 Å². The van der Waals surface area contributed by atoms with E-state index in [2.05, 4.69) is 0 Å². The van der Waals surface area contributed by atoms with Crippen molar-refractivity contribution in [2.24, 2.45) is 0 Å². The predicted octanol–water partition coefficient (Wildman–Crippen LogP) is 0.387. The van der Waals surface area contributed by atoms with E-state index in [1.54, 1.807) is 0 Å². The molecule has 19 heavy (non-hydrogen) atoms. The summed E-state index contributed by atoms with van der Waals surface area (Å²) in [6.45, 7) is 11.2. The van der Waals surface area contributed by atoms with Crippen LogP contribution in [-0.4, -0.2) is 65.0 Å². The highest BCUT2D eigenvalue weighted by Crippen LogP contribution is 2.21. The lowest BCUT2D eigenvalue weighted by molar-refractivity contribution is 0.0280. The van der Waals surface area contributed by atoms with Gasteiger partial charge in [-0.3, -0.25) is 0 Å². The summed E-state index contributed by atoms with van der Waals surface area (Å²) in [5.41, 5.74) is 0. The highest BCUT2D eigenvalue weighted by atomic mass is 28.4. The van der Waals surface area contributed by atoms with E-state index in [0.29, 0.717) is 32.5 Å². The van der Waals surface area contributed by atoms with Crippen molar-refractivity contribution in [3.63, 3.8) is 0 Å². The molecule has 116 valence electrons. The zero-order valence-electron chi connectivity index (χ0n) is 11.9. The Labute approximate surface area is 122 Å². The van der Waals surface area contributed by atoms with E-state index in [0.717, 1.165) is 6.61 Å². The normalized spacial score (nSPS) is 19.9. The van der Waals surface area contributed by atoms with Gasteiger partial charge in [-0.2, -0.15) is 0 Å². The van der Waals surface area contributed by atoms with E-state index < -0.39 is 8.80 Å². The van der Waals surface area contributed by atoms with E-state index in [9.17, 15) is 0 Å². The average molecular weight is 311 g/mol. The van der Waals surface area contributed by atoms with Gasteiger partial charge in [-0.05, 0) is 38.7 Å². The van der Waals surface area contributed by atoms with Crippen LogP contribution in [0.2, 0.25) is 6.04 Å². The van der Waals surface area contributed by atoms with Gasteiger partial charge in [0.2, 0.25) is 0 Å². The molecule has 0 aromatic rings. The van der Waals surface area contributed by atoms with Gasteiger partial charge in [-0.25, -0.2) is 0 Å². The minimum atomic E-state index is -2.58. The molecule has 0 aliphatic carbocycles. The van der Waals surface area contributed by atoms with Gasteiger partial charge in [0.1, 0.15) is 6.10 Å². The zero-order chi connectivity index (χ0) is 13.4. The molecule has 2 unspecified atom stereocenters. The van der Waals surface area contributed by atoms with Gasteiger partial charge in [0.05, 0.1) is 19.3 Å². The second-order valence-corrected chi connectivity index (χ2v) is 6.93. The summed E-state index contributed by atoms with van der Waals surface area (Å²) in [7, 11) is -2.58. The van der Waals surface area contributed by atoms with Crippen LogP contribution in [0.3, 0.4) is 0 Å². The largest absolute Gasteiger partial charge is 0.503 e. The second-order valence-electron chi connectivity index (χ2n) is 4.29. The summed E-state index contributed by atoms with van der Waals surface area (Å²) in [4.78, 5) is 0. The Morgan fingerprint density at radius 1 is 1.11 bits per heavy atom. The van der Waals surface area contributed by atoms with Gasteiger partial charge in [0.15, 0.2) is 0 Å². The van der Waals surface area contributed by atoms with Crippen LogP contribution >= 0.6 is 0 Å². The van der Waals surface area contributed by atoms with Gasteiger partial charge in [-0.1, -0.05) is 0 Å². The van der Waals surface area contributed by atoms with Crippen LogP contribution in [-0.2, 0) is 22.8 Å². The lowest BCUT2D eigenvalue weighted by Crippen LogP contribution is -2.48. The number of epoxide rings is 1. The maximum Gasteiger partial charge on any atom is 0.503 e. The van der Waals surface area contributed by atoms with Crippen LogP contribution in [0.25, 0.3) is 0 Å². The monoisotopic (exact) mass is 310 g/mol. The number of ether oxygens (including phenoxy) is 2. The van der Waals surface area contributed by atoms with Crippen molar-refractivity contribution in [1.82, 2.24) is 0 Å². The SMILES string of the molecule is CCO[Si](CC(C)OCC1CO1)(OCC)OCC.[SiH4]. The maximum absolute atomic E-state index is 5.79. The molecular weight excluding hydrogens is 280 g/mol. The molecule has 1 rings (SSSR count). The smallest absolute Gasteiger partial charge is 0.376 e. The molecule has 7 heteroatoms. The predicted molar refractivity (Wildman–Crippen MR) is 81.9 cm³/mol. The second kappa shape index (κ2) is 10.0. The summed E-state index contributed by atoms with van der Waals surface area (Å²) in [6, 6.07) is 0.690. The maximum atomic E-state index is 5.79. The number of rotatable bonds is 11. The fraction of sp³-hybridized carbons (Fsp3) is 1.00. The highest BCUT2D eigenvalue weighted by molar-refractivity contribution is 6.60. The van der Waals surface area contributed by atoms with Gasteiger partial charge in [0.25, 0.3) is 0 Å². The molecular formula is C12H30O5Si2. The summed E-state index contributed by atoms with van der Waals surface area (Å²) < 4.78 is 28.2. The molecule has 0 saturated carbocycles. The molecule has 0 spiro atoms. The average Bonchev–Trinajstić information content (AvgIpc) is 3.11. The van der Waals surface area contributed by atoms with E-state index >= 15 is 0 Å². The van der Waals surface area contributed by atoms with Gasteiger partial charge in [0, 0.05) is 25.9 Å². The minimum Gasteiger partial charge on any atom is -0.376 e. The fourth-order valence-corrected chi connectivity index (χ4v) is 4.55. The first-order valence-electron chi connectivity index (χ1n) is 6.80. The molecule has 2 atom stereocenters. The zero-order valence-corrected chi connectivity index (χ0v) is 12.9. The standard InChI is InChI=1S/C12H26O5Si.H4Si/c1-5-15-18(16-6-2,17-7-3)10-11(4)13-8-12-9-14-12;/h11-12H,5-10H2,1-4H3;1H4. The summed E-state index contributed by atoms with van der Waals surface area (Å²) >= 11 is 0. The molecule has 1 fully saturated rings. The molecule has 0 N–H and O–H groups in total. The first kappa shape index (κ1) is 19.2. The molecule has 0 bridgehead atoms. The molecule has 1 aliphatic heterocycles. The van der Waals surface area contributed by atoms with Crippen molar-refractivity contribution in [1.29, 1.82) is 0 Å². The Morgan fingerprint density at radius 2 is 1.58 bits per heavy atom. The van der Waals surface area contributed by atoms with Crippen LogP contribution in [0, 0.1) is 0 Å². The molecule has 1 heterocycles. The van der Waals surface area contributed by atoms with Crippen molar-refractivity contribution in [3.8, 4) is 0 Å². The molecule has 1 saturated heterocycles. The third-order valence-corrected chi connectivity index (χ3v) is 5.86. The summed E-state index contributed by atoms with van der Waals surface area (Å²) in [5, 5.41) is 0. The lowest BCUT2D eigenvalue weighted by Gasteiger charge is -2.30. The topological polar surface area (TPSA) is 49.5 Å². The third-order valence-electron chi connectivity index (χ3n) is 2.60. The molecule has 0 aromatic heterocycles. The summed E-state index contributed by atoms with van der Waals surface area (Å²) in [6.07, 6.45) is 0.348. The van der Waals surface area contributed by atoms with Crippen molar-refractivity contribution < 1.29 is 22.8 Å². The Kier molecular flexibility index (Phi) is 10.2. The van der Waals surface area contributed by atoms with E-state index in [-0.39, 0.29) is 23.2 Å².